The highest BCUT2D eigenvalue weighted by molar-refractivity contribution is 5.36. The molecule has 0 spiro atoms. The van der Waals surface area contributed by atoms with Crippen LogP contribution in [-0.2, 0) is 0 Å². The fraction of sp³-hybridized carbons (Fsp3) is 0.778. The molecule has 0 aliphatic heterocycles. The zero-order valence-electron chi connectivity index (χ0n) is 19.3. The number of rotatable bonds is 3. The highest BCUT2D eigenvalue weighted by Gasteiger charge is 2.58. The van der Waals surface area contributed by atoms with Gasteiger partial charge < -0.3 is 10.2 Å². The van der Waals surface area contributed by atoms with Gasteiger partial charge in [0.05, 0.1) is 12.2 Å². The molecule has 0 amide bonds. The van der Waals surface area contributed by atoms with Crippen LogP contribution in [0.3, 0.4) is 0 Å². The maximum Gasteiger partial charge on any atom is 0.0583 e. The first-order valence-corrected chi connectivity index (χ1v) is 12.1. The summed E-state index contributed by atoms with van der Waals surface area (Å²) in [7, 11) is 0. The fourth-order valence-corrected chi connectivity index (χ4v) is 7.80. The molecule has 0 saturated heterocycles. The summed E-state index contributed by atoms with van der Waals surface area (Å²) in [5.74, 6) is 1.44. The summed E-state index contributed by atoms with van der Waals surface area (Å²) in [4.78, 5) is 0. The van der Waals surface area contributed by atoms with Crippen LogP contribution in [0.25, 0.3) is 0 Å². The van der Waals surface area contributed by atoms with Crippen LogP contribution in [0.2, 0.25) is 0 Å². The first-order chi connectivity index (χ1) is 13.7. The normalized spacial score (nSPS) is 45.6. The van der Waals surface area contributed by atoms with Gasteiger partial charge in [0, 0.05) is 0 Å². The van der Waals surface area contributed by atoms with Gasteiger partial charge in [-0.25, -0.2) is 0 Å². The third-order valence-electron chi connectivity index (χ3n) is 9.39. The van der Waals surface area contributed by atoms with Gasteiger partial charge in [0.25, 0.3) is 0 Å². The van der Waals surface area contributed by atoms with Crippen LogP contribution < -0.4 is 0 Å². The summed E-state index contributed by atoms with van der Waals surface area (Å²) in [6, 6.07) is 0. The summed E-state index contributed by atoms with van der Waals surface area (Å²) in [6.07, 6.45) is 14.1. The Morgan fingerprint density at radius 1 is 1.07 bits per heavy atom. The van der Waals surface area contributed by atoms with Gasteiger partial charge in [-0.05, 0) is 107 Å². The second-order valence-electron chi connectivity index (χ2n) is 11.4. The molecule has 4 aliphatic rings. The van der Waals surface area contributed by atoms with Crippen LogP contribution in [-0.4, -0.2) is 22.4 Å². The molecule has 0 aromatic rings. The molecule has 2 heteroatoms. The predicted molar refractivity (Wildman–Crippen MR) is 120 cm³/mol. The summed E-state index contributed by atoms with van der Waals surface area (Å²) in [5, 5.41) is 21.3. The predicted octanol–water partition coefficient (Wildman–Crippen LogP) is 6.34. The van der Waals surface area contributed by atoms with E-state index in [1.807, 2.05) is 0 Å². The minimum atomic E-state index is -0.258. The van der Waals surface area contributed by atoms with E-state index >= 15 is 0 Å². The van der Waals surface area contributed by atoms with Gasteiger partial charge in [-0.3, -0.25) is 0 Å². The Labute approximate surface area is 178 Å². The third kappa shape index (κ3) is 3.49. The van der Waals surface area contributed by atoms with Crippen molar-refractivity contribution >= 4 is 0 Å². The van der Waals surface area contributed by atoms with Crippen molar-refractivity contribution in [1.82, 2.24) is 0 Å². The lowest BCUT2D eigenvalue weighted by atomic mass is 9.48. The van der Waals surface area contributed by atoms with Crippen molar-refractivity contribution in [3.05, 3.63) is 34.4 Å². The van der Waals surface area contributed by atoms with Crippen molar-refractivity contribution in [2.24, 2.45) is 28.6 Å². The van der Waals surface area contributed by atoms with Gasteiger partial charge in [0.1, 0.15) is 0 Å². The molecule has 0 aromatic carbocycles. The fourth-order valence-electron chi connectivity index (χ4n) is 7.80. The summed E-state index contributed by atoms with van der Waals surface area (Å²) >= 11 is 0. The van der Waals surface area contributed by atoms with Crippen molar-refractivity contribution in [2.45, 2.75) is 105 Å². The molecular weight excluding hydrogens is 356 g/mol. The van der Waals surface area contributed by atoms with Crippen molar-refractivity contribution in [3.63, 3.8) is 0 Å². The molecule has 0 aromatic heterocycles. The Balaban J connectivity index is 1.63. The van der Waals surface area contributed by atoms with Crippen LogP contribution in [0, 0.1) is 28.6 Å². The molecule has 4 aliphatic carbocycles. The Morgan fingerprint density at radius 3 is 2.55 bits per heavy atom. The van der Waals surface area contributed by atoms with Crippen LogP contribution in [0.15, 0.2) is 34.4 Å². The number of aliphatic hydroxyl groups excluding tert-OH is 2. The SMILES string of the molecule is CC(C)=CCCC(C)=C1CCC2C3CC(O)C4CC(O)CCC4(C)C3=CCC12C. The first-order valence-electron chi connectivity index (χ1n) is 12.1. The summed E-state index contributed by atoms with van der Waals surface area (Å²) < 4.78 is 0. The largest absolute Gasteiger partial charge is 0.393 e. The van der Waals surface area contributed by atoms with E-state index in [4.69, 9.17) is 0 Å². The molecule has 3 fully saturated rings. The van der Waals surface area contributed by atoms with E-state index in [-0.39, 0.29) is 29.0 Å². The molecule has 2 nitrogen and oxygen atoms in total. The zero-order valence-corrected chi connectivity index (χ0v) is 19.3. The van der Waals surface area contributed by atoms with E-state index in [0.29, 0.717) is 11.8 Å². The standard InChI is InChI=1S/C27H42O2/c1-17(2)7-6-8-18(3)21-9-10-22-20-16-25(29)24-15-19(28)11-13-27(24,5)23(20)12-14-26(21,22)4/h7,12,19-20,22,24-25,28-29H,6,8-11,13-16H2,1-5H3. The molecule has 7 unspecified atom stereocenters. The molecule has 3 saturated carbocycles. The molecule has 29 heavy (non-hydrogen) atoms. The number of hydrogen-bond donors (Lipinski definition) is 2. The Morgan fingerprint density at radius 2 is 1.83 bits per heavy atom. The molecular formula is C27H42O2. The molecule has 0 radical (unpaired) electrons. The first kappa shape index (κ1) is 21.4. The average molecular weight is 399 g/mol. The highest BCUT2D eigenvalue weighted by Crippen LogP contribution is 2.65. The zero-order chi connectivity index (χ0) is 21.0. The van der Waals surface area contributed by atoms with Gasteiger partial charge in [-0.1, -0.05) is 48.3 Å². The minimum absolute atomic E-state index is 0.0911. The van der Waals surface area contributed by atoms with Crippen LogP contribution in [0.1, 0.15) is 92.4 Å². The van der Waals surface area contributed by atoms with E-state index in [9.17, 15) is 10.2 Å². The van der Waals surface area contributed by atoms with E-state index in [0.717, 1.165) is 32.1 Å². The maximum absolute atomic E-state index is 11.1. The summed E-state index contributed by atoms with van der Waals surface area (Å²) in [5.41, 5.74) is 6.77. The number of hydrogen-bond acceptors (Lipinski definition) is 2. The summed E-state index contributed by atoms with van der Waals surface area (Å²) in [6.45, 7) is 11.7. The van der Waals surface area contributed by atoms with Gasteiger partial charge in [0.15, 0.2) is 0 Å². The monoisotopic (exact) mass is 398 g/mol. The van der Waals surface area contributed by atoms with Crippen molar-refractivity contribution < 1.29 is 10.2 Å². The lowest BCUT2D eigenvalue weighted by Crippen LogP contribution is -2.53. The number of allylic oxidation sites excluding steroid dienone is 6. The lowest BCUT2D eigenvalue weighted by molar-refractivity contribution is -0.0777. The smallest absolute Gasteiger partial charge is 0.0583 e. The van der Waals surface area contributed by atoms with Crippen molar-refractivity contribution in [2.75, 3.05) is 0 Å². The van der Waals surface area contributed by atoms with E-state index in [1.165, 1.54) is 31.3 Å². The second-order valence-corrected chi connectivity index (χ2v) is 11.4. The lowest BCUT2D eigenvalue weighted by Gasteiger charge is -2.57. The van der Waals surface area contributed by atoms with Gasteiger partial charge in [-0.15, -0.1) is 0 Å². The van der Waals surface area contributed by atoms with Gasteiger partial charge in [-0.2, -0.15) is 0 Å². The van der Waals surface area contributed by atoms with Crippen LogP contribution in [0.4, 0.5) is 0 Å². The quantitative estimate of drug-likeness (QED) is 0.544. The Bertz CT molecular complexity index is 740. The molecule has 2 N–H and O–H groups in total. The minimum Gasteiger partial charge on any atom is -0.393 e. The molecule has 4 rings (SSSR count). The topological polar surface area (TPSA) is 40.5 Å². The van der Waals surface area contributed by atoms with E-state index < -0.39 is 0 Å². The Hall–Kier alpha value is -0.860. The average Bonchev–Trinajstić information content (AvgIpc) is 3.00. The van der Waals surface area contributed by atoms with Crippen molar-refractivity contribution in [3.8, 4) is 0 Å². The van der Waals surface area contributed by atoms with Gasteiger partial charge >= 0.3 is 0 Å². The number of aliphatic hydroxyl groups is 2. The van der Waals surface area contributed by atoms with Crippen LogP contribution in [0.5, 0.6) is 0 Å². The van der Waals surface area contributed by atoms with Crippen LogP contribution >= 0.6 is 0 Å². The van der Waals surface area contributed by atoms with Crippen molar-refractivity contribution in [1.29, 1.82) is 0 Å². The molecule has 162 valence electrons. The number of fused-ring (bicyclic) bond motifs is 5. The Kier molecular flexibility index (Phi) is 5.66. The third-order valence-corrected chi connectivity index (χ3v) is 9.39. The van der Waals surface area contributed by atoms with E-state index in [2.05, 4.69) is 46.8 Å². The molecule has 7 atom stereocenters. The molecule has 0 heterocycles. The molecule has 0 bridgehead atoms. The highest BCUT2D eigenvalue weighted by atomic mass is 16.3. The maximum atomic E-state index is 11.1. The van der Waals surface area contributed by atoms with Gasteiger partial charge in [0.2, 0.25) is 0 Å². The second kappa shape index (κ2) is 7.68. The van der Waals surface area contributed by atoms with E-state index in [1.54, 1.807) is 16.7 Å².